The summed E-state index contributed by atoms with van der Waals surface area (Å²) in [5.41, 5.74) is 7.56. The van der Waals surface area contributed by atoms with Gasteiger partial charge >= 0.3 is 5.97 Å². The number of fused-ring (bicyclic) bond motifs is 5. The van der Waals surface area contributed by atoms with Gasteiger partial charge in [-0.05, 0) is 38.5 Å². The van der Waals surface area contributed by atoms with Gasteiger partial charge in [0.05, 0.1) is 10.9 Å². The van der Waals surface area contributed by atoms with E-state index in [4.69, 9.17) is 5.73 Å². The van der Waals surface area contributed by atoms with Gasteiger partial charge in [0.1, 0.15) is 11.4 Å². The predicted molar refractivity (Wildman–Crippen MR) is 97.9 cm³/mol. The highest BCUT2D eigenvalue weighted by molar-refractivity contribution is 5.94. The summed E-state index contributed by atoms with van der Waals surface area (Å²) in [6, 6.07) is 0.849. The third-order valence-corrected chi connectivity index (χ3v) is 6.00. The molecular weight excluding hydrogens is 332 g/mol. The van der Waals surface area contributed by atoms with Gasteiger partial charge in [-0.2, -0.15) is 0 Å². The third-order valence-electron chi connectivity index (χ3n) is 6.00. The fourth-order valence-electron chi connectivity index (χ4n) is 4.67. The quantitative estimate of drug-likeness (QED) is 0.851. The number of hydrogen-bond acceptors (Lipinski definition) is 5. The number of pyridine rings is 2. The van der Waals surface area contributed by atoms with Crippen LogP contribution in [0.4, 0.5) is 5.82 Å². The number of nitrogens with two attached hydrogens (primary N) is 1. The van der Waals surface area contributed by atoms with Crippen molar-refractivity contribution in [3.63, 3.8) is 0 Å². The molecule has 0 bridgehead atoms. The summed E-state index contributed by atoms with van der Waals surface area (Å²) in [6.45, 7) is 0.789. The lowest BCUT2D eigenvalue weighted by Gasteiger charge is -2.26. The summed E-state index contributed by atoms with van der Waals surface area (Å²) in [4.78, 5) is 31.2. The van der Waals surface area contributed by atoms with Gasteiger partial charge in [-0.25, -0.2) is 9.78 Å². The van der Waals surface area contributed by atoms with Crippen molar-refractivity contribution in [2.75, 3.05) is 11.4 Å². The van der Waals surface area contributed by atoms with Crippen molar-refractivity contribution in [3.8, 4) is 0 Å². The molecule has 7 nitrogen and oxygen atoms in total. The predicted octanol–water partition coefficient (Wildman–Crippen LogP) is 1.67. The van der Waals surface area contributed by atoms with Gasteiger partial charge in [0.25, 0.3) is 0 Å². The largest absolute Gasteiger partial charge is 0.477 e. The van der Waals surface area contributed by atoms with E-state index >= 15 is 0 Å². The fourth-order valence-corrected chi connectivity index (χ4v) is 4.67. The van der Waals surface area contributed by atoms with Gasteiger partial charge in [0, 0.05) is 42.6 Å². The lowest BCUT2D eigenvalue weighted by molar-refractivity contribution is 0.0695. The number of aromatic nitrogens is 2. The van der Waals surface area contributed by atoms with Gasteiger partial charge in [-0.1, -0.05) is 0 Å². The van der Waals surface area contributed by atoms with E-state index in [-0.39, 0.29) is 17.6 Å². The lowest BCUT2D eigenvalue weighted by atomic mass is 10.0. The van der Waals surface area contributed by atoms with Crippen LogP contribution < -0.4 is 16.1 Å². The molecule has 136 valence electrons. The number of carboxylic acid groups (broad SMARTS) is 1. The molecule has 5 rings (SSSR count). The standard InChI is InChI=1S/C19H22N4O3/c20-10-6-12-2-1-3-13-16-14(7-21-18(13)23(12)8-10)17(24)15(19(25)26)9-22(16)11-4-5-11/h7,9-12H,1-6,8,20H2,(H,25,26)/t10-,12+/m0/s1. The average molecular weight is 354 g/mol. The van der Waals surface area contributed by atoms with Crippen LogP contribution in [-0.2, 0) is 6.42 Å². The highest BCUT2D eigenvalue weighted by atomic mass is 16.4. The molecular formula is C19H22N4O3. The summed E-state index contributed by atoms with van der Waals surface area (Å²) in [6.07, 6.45) is 9.11. The first-order valence-electron chi connectivity index (χ1n) is 9.37. The van der Waals surface area contributed by atoms with Crippen LogP contribution in [-0.4, -0.2) is 39.3 Å². The van der Waals surface area contributed by atoms with E-state index in [1.54, 1.807) is 12.4 Å². The molecule has 2 aliphatic heterocycles. The Bertz CT molecular complexity index is 979. The molecule has 0 aromatic carbocycles. The summed E-state index contributed by atoms with van der Waals surface area (Å²) < 4.78 is 2.02. The van der Waals surface area contributed by atoms with Crippen LogP contribution in [0.25, 0.3) is 10.9 Å². The number of hydrogen-bond donors (Lipinski definition) is 2. The van der Waals surface area contributed by atoms with Gasteiger partial charge in [0.15, 0.2) is 0 Å². The molecule has 2 aromatic rings. The fraction of sp³-hybridized carbons (Fsp3) is 0.526. The van der Waals surface area contributed by atoms with E-state index in [9.17, 15) is 14.7 Å². The van der Waals surface area contributed by atoms with Crippen molar-refractivity contribution in [1.29, 1.82) is 0 Å². The molecule has 2 aromatic heterocycles. The molecule has 1 saturated carbocycles. The van der Waals surface area contributed by atoms with E-state index in [1.165, 1.54) is 0 Å². The zero-order valence-corrected chi connectivity index (χ0v) is 14.5. The van der Waals surface area contributed by atoms with Crippen LogP contribution in [0.15, 0.2) is 17.2 Å². The lowest BCUT2D eigenvalue weighted by Crippen LogP contribution is -2.31. The van der Waals surface area contributed by atoms with E-state index < -0.39 is 11.4 Å². The Hall–Kier alpha value is -2.41. The van der Waals surface area contributed by atoms with E-state index in [1.807, 2.05) is 4.57 Å². The van der Waals surface area contributed by atoms with Crippen LogP contribution in [0.3, 0.4) is 0 Å². The van der Waals surface area contributed by atoms with E-state index in [2.05, 4.69) is 9.88 Å². The number of anilines is 1. The second-order valence-electron chi connectivity index (χ2n) is 7.83. The first kappa shape index (κ1) is 15.8. The second-order valence-corrected chi connectivity index (χ2v) is 7.83. The molecule has 0 unspecified atom stereocenters. The Morgan fingerprint density at radius 3 is 2.81 bits per heavy atom. The van der Waals surface area contributed by atoms with Crippen molar-refractivity contribution < 1.29 is 9.90 Å². The maximum atomic E-state index is 12.7. The van der Waals surface area contributed by atoms with Gasteiger partial charge < -0.3 is 20.3 Å². The monoisotopic (exact) mass is 354 g/mol. The molecule has 4 heterocycles. The Morgan fingerprint density at radius 1 is 1.27 bits per heavy atom. The smallest absolute Gasteiger partial charge is 0.341 e. The summed E-state index contributed by atoms with van der Waals surface area (Å²) in [7, 11) is 0. The van der Waals surface area contributed by atoms with Crippen molar-refractivity contribution in [3.05, 3.63) is 33.7 Å². The first-order chi connectivity index (χ1) is 12.5. The van der Waals surface area contributed by atoms with Crippen LogP contribution in [0.1, 0.15) is 54.1 Å². The molecule has 3 aliphatic rings. The third kappa shape index (κ3) is 2.26. The van der Waals surface area contributed by atoms with Crippen molar-refractivity contribution in [2.45, 2.75) is 56.7 Å². The molecule has 2 fully saturated rings. The Labute approximate surface area is 150 Å². The molecule has 1 aliphatic carbocycles. The SMILES string of the molecule is N[C@H]1C[C@H]2CCCc3c(ncc4c(=O)c(C(=O)O)cn(C5CC5)c34)N2C1. The first-order valence-corrected chi connectivity index (χ1v) is 9.37. The second kappa shape index (κ2) is 5.54. The minimum Gasteiger partial charge on any atom is -0.477 e. The Morgan fingerprint density at radius 2 is 2.08 bits per heavy atom. The van der Waals surface area contributed by atoms with Gasteiger partial charge in [-0.3, -0.25) is 4.79 Å². The zero-order chi connectivity index (χ0) is 18.0. The normalized spacial score (nSPS) is 25.0. The summed E-state index contributed by atoms with van der Waals surface area (Å²) >= 11 is 0. The van der Waals surface area contributed by atoms with Crippen LogP contribution in [0, 0.1) is 0 Å². The topological polar surface area (TPSA) is 101 Å². The van der Waals surface area contributed by atoms with Crippen molar-refractivity contribution in [1.82, 2.24) is 9.55 Å². The molecule has 7 heteroatoms. The van der Waals surface area contributed by atoms with Crippen molar-refractivity contribution >= 4 is 22.7 Å². The van der Waals surface area contributed by atoms with E-state index in [0.717, 1.165) is 62.0 Å². The van der Waals surface area contributed by atoms with Gasteiger partial charge in [0.2, 0.25) is 5.43 Å². The highest BCUT2D eigenvalue weighted by Crippen LogP contribution is 2.41. The highest BCUT2D eigenvalue weighted by Gasteiger charge is 2.36. The molecule has 0 amide bonds. The molecule has 3 N–H and O–H groups in total. The zero-order valence-electron chi connectivity index (χ0n) is 14.5. The van der Waals surface area contributed by atoms with Gasteiger partial charge in [-0.15, -0.1) is 0 Å². The summed E-state index contributed by atoms with van der Waals surface area (Å²) in [5, 5.41) is 9.86. The number of aryl methyl sites for hydroxylation is 1. The van der Waals surface area contributed by atoms with Crippen molar-refractivity contribution in [2.24, 2.45) is 5.73 Å². The number of aromatic carboxylic acids is 1. The number of carboxylic acids is 1. The number of nitrogens with zero attached hydrogens (tertiary/aromatic N) is 3. The Kier molecular flexibility index (Phi) is 3.37. The minimum absolute atomic E-state index is 0.156. The van der Waals surface area contributed by atoms with Crippen LogP contribution >= 0.6 is 0 Å². The number of rotatable bonds is 2. The van der Waals surface area contributed by atoms with Crippen LogP contribution in [0.5, 0.6) is 0 Å². The number of carbonyl (C=O) groups is 1. The maximum Gasteiger partial charge on any atom is 0.341 e. The maximum absolute atomic E-state index is 12.7. The summed E-state index contributed by atoms with van der Waals surface area (Å²) in [5.74, 6) is -0.239. The molecule has 1 saturated heterocycles. The Balaban J connectivity index is 1.81. The molecule has 26 heavy (non-hydrogen) atoms. The molecule has 2 atom stereocenters. The molecule has 0 spiro atoms. The van der Waals surface area contributed by atoms with Crippen LogP contribution in [0.2, 0.25) is 0 Å². The average Bonchev–Trinajstić information content (AvgIpc) is 3.40. The minimum atomic E-state index is -1.17. The van der Waals surface area contributed by atoms with E-state index in [0.29, 0.717) is 11.4 Å². The molecule has 0 radical (unpaired) electrons.